The Morgan fingerprint density at radius 3 is 2.43 bits per heavy atom. The molecule has 5 heteroatoms. The third kappa shape index (κ3) is 4.14. The Hall–Kier alpha value is -3.34. The lowest BCUT2D eigenvalue weighted by Gasteiger charge is -2.20. The number of rotatable bonds is 7. The van der Waals surface area contributed by atoms with Crippen molar-refractivity contribution in [3.63, 3.8) is 0 Å². The van der Waals surface area contributed by atoms with Gasteiger partial charge in [0.05, 0.1) is 7.11 Å². The van der Waals surface area contributed by atoms with Crippen molar-refractivity contribution < 1.29 is 13.9 Å². The van der Waals surface area contributed by atoms with Gasteiger partial charge in [0.2, 0.25) is 0 Å². The van der Waals surface area contributed by atoms with E-state index in [1.54, 1.807) is 30.3 Å². The minimum Gasteiger partial charge on any atom is -0.497 e. The monoisotopic (exact) mass is 377 g/mol. The molecule has 3 rings (SSSR count). The largest absolute Gasteiger partial charge is 0.497 e. The minimum absolute atomic E-state index is 0.00804. The number of ether oxygens (including phenoxy) is 1. The topological polar surface area (TPSA) is 59.8 Å². The molecule has 28 heavy (non-hydrogen) atoms. The molecule has 0 radical (unpaired) electrons. The third-order valence-electron chi connectivity index (χ3n) is 4.66. The first-order valence-electron chi connectivity index (χ1n) is 9.25. The van der Waals surface area contributed by atoms with Crippen molar-refractivity contribution in [1.82, 2.24) is 0 Å². The smallest absolute Gasteiger partial charge is 0.347 e. The zero-order valence-electron chi connectivity index (χ0n) is 16.3. The van der Waals surface area contributed by atoms with Crippen molar-refractivity contribution in [2.75, 3.05) is 25.1 Å². The Kier molecular flexibility index (Phi) is 5.94. The molecule has 1 aromatic heterocycles. The Labute approximate surface area is 163 Å². The minimum atomic E-state index is -0.660. The summed E-state index contributed by atoms with van der Waals surface area (Å²) < 4.78 is 10.4. The second kappa shape index (κ2) is 8.57. The first kappa shape index (κ1) is 19.4. The average molecular weight is 377 g/mol. The van der Waals surface area contributed by atoms with Crippen LogP contribution in [-0.4, -0.2) is 26.0 Å². The number of hydrogen-bond donors (Lipinski definition) is 0. The third-order valence-corrected chi connectivity index (χ3v) is 4.66. The number of anilines is 1. The summed E-state index contributed by atoms with van der Waals surface area (Å²) in [5, 5.41) is 0.667. The maximum Gasteiger partial charge on any atom is 0.347 e. The van der Waals surface area contributed by atoms with Gasteiger partial charge in [0, 0.05) is 30.2 Å². The first-order chi connectivity index (χ1) is 13.5. The number of allylic oxidation sites excluding steroid dienone is 1. The van der Waals surface area contributed by atoms with Gasteiger partial charge in [-0.2, -0.15) is 0 Å². The number of methoxy groups -OCH3 is 1. The fourth-order valence-electron chi connectivity index (χ4n) is 3.04. The summed E-state index contributed by atoms with van der Waals surface area (Å²) in [4.78, 5) is 26.9. The van der Waals surface area contributed by atoms with E-state index in [9.17, 15) is 9.59 Å². The lowest BCUT2D eigenvalue weighted by atomic mass is 10.1. The van der Waals surface area contributed by atoms with Gasteiger partial charge < -0.3 is 14.1 Å². The highest BCUT2D eigenvalue weighted by atomic mass is 16.5. The SMILES string of the molecule is CCN(CC)c1ccc(/C=C/C(=O)c2cc3ccc(OC)cc3oc2=O)cc1. The molecule has 1 heterocycles. The maximum absolute atomic E-state index is 12.5. The molecular formula is C23H23NO4. The van der Waals surface area contributed by atoms with Gasteiger partial charge in [-0.05, 0) is 55.8 Å². The van der Waals surface area contributed by atoms with E-state index >= 15 is 0 Å². The van der Waals surface area contributed by atoms with Crippen molar-refractivity contribution in [2.45, 2.75) is 13.8 Å². The van der Waals surface area contributed by atoms with Crippen LogP contribution in [0.5, 0.6) is 5.75 Å². The second-order valence-electron chi connectivity index (χ2n) is 6.31. The molecule has 0 spiro atoms. The van der Waals surface area contributed by atoms with Crippen LogP contribution in [0.25, 0.3) is 17.0 Å². The van der Waals surface area contributed by atoms with Gasteiger partial charge in [-0.15, -0.1) is 0 Å². The highest BCUT2D eigenvalue weighted by Gasteiger charge is 2.12. The van der Waals surface area contributed by atoms with Gasteiger partial charge in [0.1, 0.15) is 16.9 Å². The van der Waals surface area contributed by atoms with Crippen LogP contribution in [0.2, 0.25) is 0 Å². The summed E-state index contributed by atoms with van der Waals surface area (Å²) in [5.74, 6) is 0.196. The number of carbonyl (C=O) groups is 1. The zero-order chi connectivity index (χ0) is 20.1. The van der Waals surface area contributed by atoms with E-state index in [1.165, 1.54) is 13.2 Å². The van der Waals surface area contributed by atoms with E-state index in [0.717, 1.165) is 24.3 Å². The standard InChI is InChI=1S/C23H23NO4/c1-4-24(5-2)18-10-6-16(7-11-18)8-13-21(25)20-14-17-9-12-19(27-3)15-22(17)28-23(20)26/h6-15H,4-5H2,1-3H3/b13-8+. The Balaban J connectivity index is 1.82. The number of benzene rings is 2. The van der Waals surface area contributed by atoms with Crippen molar-refractivity contribution >= 4 is 28.5 Å². The van der Waals surface area contributed by atoms with Crippen molar-refractivity contribution in [3.05, 3.63) is 76.2 Å². The average Bonchev–Trinajstić information content (AvgIpc) is 2.72. The van der Waals surface area contributed by atoms with Gasteiger partial charge in [0.15, 0.2) is 5.78 Å². The van der Waals surface area contributed by atoms with E-state index in [-0.39, 0.29) is 11.3 Å². The fraction of sp³-hybridized carbons (Fsp3) is 0.217. The van der Waals surface area contributed by atoms with Crippen LogP contribution >= 0.6 is 0 Å². The van der Waals surface area contributed by atoms with Crippen molar-refractivity contribution in [2.24, 2.45) is 0 Å². The summed E-state index contributed by atoms with van der Waals surface area (Å²) >= 11 is 0. The number of carbonyl (C=O) groups excluding carboxylic acids is 1. The molecule has 0 saturated carbocycles. The van der Waals surface area contributed by atoms with Gasteiger partial charge in [-0.25, -0.2) is 4.79 Å². The molecule has 2 aromatic carbocycles. The summed E-state index contributed by atoms with van der Waals surface area (Å²) in [5.41, 5.74) is 1.76. The summed E-state index contributed by atoms with van der Waals surface area (Å²) in [6.07, 6.45) is 3.10. The lowest BCUT2D eigenvalue weighted by molar-refractivity contribution is 0.104. The molecule has 0 aliphatic carbocycles. The Morgan fingerprint density at radius 1 is 1.07 bits per heavy atom. The van der Waals surface area contributed by atoms with E-state index in [0.29, 0.717) is 16.7 Å². The van der Waals surface area contributed by atoms with Crippen LogP contribution in [0, 0.1) is 0 Å². The number of fused-ring (bicyclic) bond motifs is 1. The molecule has 0 amide bonds. The number of ketones is 1. The van der Waals surface area contributed by atoms with Crippen LogP contribution in [0.1, 0.15) is 29.8 Å². The van der Waals surface area contributed by atoms with Gasteiger partial charge >= 0.3 is 5.63 Å². The molecule has 144 valence electrons. The molecule has 0 fully saturated rings. The molecule has 5 nitrogen and oxygen atoms in total. The Morgan fingerprint density at radius 2 is 1.79 bits per heavy atom. The summed E-state index contributed by atoms with van der Waals surface area (Å²) in [6, 6.07) is 14.6. The van der Waals surface area contributed by atoms with Gasteiger partial charge in [-0.1, -0.05) is 18.2 Å². The van der Waals surface area contributed by atoms with E-state index in [1.807, 2.05) is 24.3 Å². The molecule has 0 N–H and O–H groups in total. The Bertz CT molecular complexity index is 1060. The first-order valence-corrected chi connectivity index (χ1v) is 9.25. The number of nitrogens with zero attached hydrogens (tertiary/aromatic N) is 1. The van der Waals surface area contributed by atoms with Crippen LogP contribution in [0.3, 0.4) is 0 Å². The van der Waals surface area contributed by atoms with E-state index < -0.39 is 5.63 Å². The summed E-state index contributed by atoms with van der Waals surface area (Å²) in [7, 11) is 1.54. The molecule has 0 aliphatic rings. The highest BCUT2D eigenvalue weighted by molar-refractivity contribution is 6.07. The van der Waals surface area contributed by atoms with Crippen LogP contribution in [0.4, 0.5) is 5.69 Å². The quantitative estimate of drug-likeness (QED) is 0.344. The summed E-state index contributed by atoms with van der Waals surface area (Å²) in [6.45, 7) is 6.10. The molecule has 0 saturated heterocycles. The number of hydrogen-bond acceptors (Lipinski definition) is 5. The molecule has 0 atom stereocenters. The van der Waals surface area contributed by atoms with Gasteiger partial charge in [-0.3, -0.25) is 4.79 Å². The van der Waals surface area contributed by atoms with Crippen molar-refractivity contribution in [3.8, 4) is 5.75 Å². The molecular weight excluding hydrogens is 354 g/mol. The van der Waals surface area contributed by atoms with Crippen LogP contribution in [-0.2, 0) is 0 Å². The molecule has 3 aromatic rings. The predicted octanol–water partition coefficient (Wildman–Crippen LogP) is 4.54. The predicted molar refractivity (Wildman–Crippen MR) is 112 cm³/mol. The van der Waals surface area contributed by atoms with E-state index in [2.05, 4.69) is 18.7 Å². The highest BCUT2D eigenvalue weighted by Crippen LogP contribution is 2.21. The zero-order valence-corrected chi connectivity index (χ0v) is 16.3. The van der Waals surface area contributed by atoms with Crippen LogP contribution in [0.15, 0.2) is 63.8 Å². The van der Waals surface area contributed by atoms with Crippen LogP contribution < -0.4 is 15.3 Å². The second-order valence-corrected chi connectivity index (χ2v) is 6.31. The van der Waals surface area contributed by atoms with Gasteiger partial charge in [0.25, 0.3) is 0 Å². The fourth-order valence-corrected chi connectivity index (χ4v) is 3.04. The molecule has 0 bridgehead atoms. The maximum atomic E-state index is 12.5. The lowest BCUT2D eigenvalue weighted by Crippen LogP contribution is -2.21. The normalized spacial score (nSPS) is 11.1. The van der Waals surface area contributed by atoms with Crippen molar-refractivity contribution in [1.29, 1.82) is 0 Å². The molecule has 0 aliphatic heterocycles. The van der Waals surface area contributed by atoms with E-state index in [4.69, 9.17) is 9.15 Å². The molecule has 0 unspecified atom stereocenters.